The molecule has 2 rings (SSSR count). The molecule has 84 valence electrons. The first kappa shape index (κ1) is 11.0. The van der Waals surface area contributed by atoms with Gasteiger partial charge in [0.25, 0.3) is 5.89 Å². The first-order valence-corrected chi connectivity index (χ1v) is 6.28. The van der Waals surface area contributed by atoms with Crippen molar-refractivity contribution in [1.82, 2.24) is 10.1 Å². The van der Waals surface area contributed by atoms with Crippen molar-refractivity contribution in [2.45, 2.75) is 12.7 Å². The number of aryl methyl sites for hydroxylation is 1. The number of nitrogens with zero attached hydrogens (tertiary/aromatic N) is 2. The minimum absolute atomic E-state index is 0.491. The van der Waals surface area contributed by atoms with E-state index >= 15 is 0 Å². The summed E-state index contributed by atoms with van der Waals surface area (Å²) in [6, 6.07) is 5.76. The van der Waals surface area contributed by atoms with Crippen molar-refractivity contribution in [3.05, 3.63) is 29.6 Å². The Bertz CT molecular complexity index is 496. The molecule has 2 aromatic rings. The molecule has 1 heterocycles. The van der Waals surface area contributed by atoms with Crippen molar-refractivity contribution < 1.29 is 4.52 Å². The lowest BCUT2D eigenvalue weighted by Gasteiger charge is -2.01. The molecule has 0 aliphatic heterocycles. The van der Waals surface area contributed by atoms with Crippen molar-refractivity contribution in [1.29, 1.82) is 0 Å². The summed E-state index contributed by atoms with van der Waals surface area (Å²) >= 11 is 1.65. The fraction of sp³-hybridized carbons (Fsp3) is 0.273. The molecule has 0 bridgehead atoms. The summed E-state index contributed by atoms with van der Waals surface area (Å²) in [6.45, 7) is 2.00. The zero-order valence-corrected chi connectivity index (χ0v) is 10.0. The summed E-state index contributed by atoms with van der Waals surface area (Å²) in [5.74, 6) is 1.93. The fourth-order valence-electron chi connectivity index (χ4n) is 1.41. The van der Waals surface area contributed by atoms with Crippen LogP contribution in [0.3, 0.4) is 0 Å². The zero-order chi connectivity index (χ0) is 11.5. The summed E-state index contributed by atoms with van der Waals surface area (Å²) in [6.07, 6.45) is 2.00. The van der Waals surface area contributed by atoms with E-state index in [1.165, 1.54) is 0 Å². The molecule has 4 nitrogen and oxygen atoms in total. The Hall–Kier alpha value is -1.49. The molecule has 0 unspecified atom stereocenters. The van der Waals surface area contributed by atoms with Crippen LogP contribution in [0.1, 0.15) is 11.4 Å². The van der Waals surface area contributed by atoms with Gasteiger partial charge in [-0.15, -0.1) is 0 Å². The Labute approximate surface area is 98.2 Å². The fourth-order valence-corrected chi connectivity index (χ4v) is 1.78. The van der Waals surface area contributed by atoms with E-state index < -0.39 is 0 Å². The van der Waals surface area contributed by atoms with E-state index in [1.54, 1.807) is 11.8 Å². The molecule has 0 saturated heterocycles. The van der Waals surface area contributed by atoms with Gasteiger partial charge in [0.2, 0.25) is 0 Å². The van der Waals surface area contributed by atoms with Crippen LogP contribution in [0.2, 0.25) is 0 Å². The topological polar surface area (TPSA) is 64.9 Å². The number of hydrogen-bond donors (Lipinski definition) is 1. The summed E-state index contributed by atoms with van der Waals surface area (Å²) in [7, 11) is 0. The summed E-state index contributed by atoms with van der Waals surface area (Å²) in [5, 5.41) is 3.89. The van der Waals surface area contributed by atoms with Gasteiger partial charge in [0.15, 0.2) is 5.82 Å². The lowest BCUT2D eigenvalue weighted by molar-refractivity contribution is 0.425. The number of nitrogen functional groups attached to an aromatic ring is 1. The molecular formula is C11H13N3OS. The van der Waals surface area contributed by atoms with Gasteiger partial charge in [-0.05, 0) is 25.3 Å². The van der Waals surface area contributed by atoms with Gasteiger partial charge in [-0.25, -0.2) is 0 Å². The maximum absolute atomic E-state index is 5.87. The van der Waals surface area contributed by atoms with Gasteiger partial charge < -0.3 is 10.3 Å². The number of anilines is 1. The molecule has 0 atom stereocenters. The summed E-state index contributed by atoms with van der Waals surface area (Å²) in [5.41, 5.74) is 8.45. The van der Waals surface area contributed by atoms with Crippen LogP contribution in [-0.4, -0.2) is 16.4 Å². The van der Waals surface area contributed by atoms with Crippen LogP contribution in [0, 0.1) is 6.92 Å². The summed E-state index contributed by atoms with van der Waals surface area (Å²) < 4.78 is 5.18. The molecule has 2 N–H and O–H groups in total. The number of benzene rings is 1. The van der Waals surface area contributed by atoms with E-state index in [1.807, 2.05) is 31.4 Å². The third-order valence-electron chi connectivity index (χ3n) is 2.18. The van der Waals surface area contributed by atoms with E-state index in [4.69, 9.17) is 10.3 Å². The Morgan fingerprint density at radius 3 is 3.00 bits per heavy atom. The molecule has 0 spiro atoms. The van der Waals surface area contributed by atoms with Crippen LogP contribution in [0.5, 0.6) is 0 Å². The van der Waals surface area contributed by atoms with Crippen molar-refractivity contribution in [2.75, 3.05) is 12.0 Å². The molecule has 0 saturated carbocycles. The van der Waals surface area contributed by atoms with Gasteiger partial charge in [0, 0.05) is 5.69 Å². The van der Waals surface area contributed by atoms with Crippen molar-refractivity contribution in [2.24, 2.45) is 0 Å². The second-order valence-electron chi connectivity index (χ2n) is 3.54. The molecule has 5 heteroatoms. The molecule has 1 aromatic heterocycles. The first-order valence-electron chi connectivity index (χ1n) is 4.88. The average molecular weight is 235 g/mol. The number of aromatic nitrogens is 2. The maximum Gasteiger partial charge on any atom is 0.260 e. The van der Waals surface area contributed by atoms with Gasteiger partial charge in [-0.1, -0.05) is 16.8 Å². The molecular weight excluding hydrogens is 222 g/mol. The molecule has 0 aliphatic rings. The van der Waals surface area contributed by atoms with Gasteiger partial charge in [-0.2, -0.15) is 16.7 Å². The SMILES string of the molecule is CSCc1noc(-c2cc(C)ccc2N)n1. The highest BCUT2D eigenvalue weighted by Crippen LogP contribution is 2.25. The Morgan fingerprint density at radius 2 is 2.25 bits per heavy atom. The second kappa shape index (κ2) is 4.57. The van der Waals surface area contributed by atoms with Crippen molar-refractivity contribution in [3.8, 4) is 11.5 Å². The number of rotatable bonds is 3. The Balaban J connectivity index is 2.38. The van der Waals surface area contributed by atoms with Gasteiger partial charge in [-0.3, -0.25) is 0 Å². The third-order valence-corrected chi connectivity index (χ3v) is 2.73. The van der Waals surface area contributed by atoms with Crippen LogP contribution in [0.15, 0.2) is 22.7 Å². The van der Waals surface area contributed by atoms with E-state index in [0.29, 0.717) is 17.4 Å². The van der Waals surface area contributed by atoms with Crippen LogP contribution in [-0.2, 0) is 5.75 Å². The van der Waals surface area contributed by atoms with Crippen LogP contribution < -0.4 is 5.73 Å². The molecule has 0 amide bonds. The molecule has 0 radical (unpaired) electrons. The van der Waals surface area contributed by atoms with E-state index in [-0.39, 0.29) is 0 Å². The Kier molecular flexibility index (Phi) is 3.14. The highest BCUT2D eigenvalue weighted by atomic mass is 32.2. The molecule has 0 fully saturated rings. The number of nitrogens with two attached hydrogens (primary N) is 1. The van der Waals surface area contributed by atoms with E-state index in [2.05, 4.69) is 10.1 Å². The summed E-state index contributed by atoms with van der Waals surface area (Å²) in [4.78, 5) is 4.29. The highest BCUT2D eigenvalue weighted by molar-refractivity contribution is 7.97. The monoisotopic (exact) mass is 235 g/mol. The predicted molar refractivity (Wildman–Crippen MR) is 66.1 cm³/mol. The largest absolute Gasteiger partial charge is 0.398 e. The molecule has 16 heavy (non-hydrogen) atoms. The lowest BCUT2D eigenvalue weighted by atomic mass is 10.1. The van der Waals surface area contributed by atoms with Gasteiger partial charge >= 0.3 is 0 Å². The van der Waals surface area contributed by atoms with Crippen LogP contribution in [0.25, 0.3) is 11.5 Å². The Morgan fingerprint density at radius 1 is 1.44 bits per heavy atom. The van der Waals surface area contributed by atoms with E-state index in [0.717, 1.165) is 16.9 Å². The minimum atomic E-state index is 0.491. The molecule has 0 aliphatic carbocycles. The highest BCUT2D eigenvalue weighted by Gasteiger charge is 2.11. The average Bonchev–Trinajstić information content (AvgIpc) is 2.71. The van der Waals surface area contributed by atoms with Crippen molar-refractivity contribution in [3.63, 3.8) is 0 Å². The van der Waals surface area contributed by atoms with Crippen LogP contribution in [0.4, 0.5) is 5.69 Å². The smallest absolute Gasteiger partial charge is 0.260 e. The van der Waals surface area contributed by atoms with Gasteiger partial charge in [0.05, 0.1) is 11.3 Å². The number of thioether (sulfide) groups is 1. The van der Waals surface area contributed by atoms with Crippen molar-refractivity contribution >= 4 is 17.4 Å². The first-order chi connectivity index (χ1) is 7.70. The zero-order valence-electron chi connectivity index (χ0n) is 9.23. The molecule has 1 aromatic carbocycles. The van der Waals surface area contributed by atoms with E-state index in [9.17, 15) is 0 Å². The number of hydrogen-bond acceptors (Lipinski definition) is 5. The quantitative estimate of drug-likeness (QED) is 0.828. The van der Waals surface area contributed by atoms with Crippen LogP contribution >= 0.6 is 11.8 Å². The normalized spacial score (nSPS) is 10.6. The second-order valence-corrected chi connectivity index (χ2v) is 4.41. The maximum atomic E-state index is 5.87. The standard InChI is InChI=1S/C11H13N3OS/c1-7-3-4-9(12)8(5-7)11-13-10(6-16-2)14-15-11/h3-5H,6,12H2,1-2H3. The predicted octanol–water partition coefficient (Wildman–Crippen LogP) is 2.49. The third kappa shape index (κ3) is 2.19. The lowest BCUT2D eigenvalue weighted by Crippen LogP contribution is -1.91. The van der Waals surface area contributed by atoms with Gasteiger partial charge in [0.1, 0.15) is 0 Å². The minimum Gasteiger partial charge on any atom is -0.398 e.